The summed E-state index contributed by atoms with van der Waals surface area (Å²) in [6, 6.07) is 8.35. The summed E-state index contributed by atoms with van der Waals surface area (Å²) in [5, 5.41) is 9.86. The molecule has 0 bridgehead atoms. The fourth-order valence-electron chi connectivity index (χ4n) is 4.91. The van der Waals surface area contributed by atoms with Gasteiger partial charge in [-0.15, -0.1) is 0 Å². The number of hydrogen-bond acceptors (Lipinski definition) is 8. The first-order valence-electron chi connectivity index (χ1n) is 13.2. The first-order chi connectivity index (χ1) is 19.1. The van der Waals surface area contributed by atoms with Crippen molar-refractivity contribution in [3.8, 4) is 6.07 Å². The van der Waals surface area contributed by atoms with Gasteiger partial charge in [-0.2, -0.15) is 13.7 Å². The molecule has 0 unspecified atom stereocenters. The molecule has 4 rings (SSSR count). The Hall–Kier alpha value is -4.05. The van der Waals surface area contributed by atoms with Gasteiger partial charge in [-0.05, 0) is 56.0 Å². The second-order valence-electron chi connectivity index (χ2n) is 9.90. The van der Waals surface area contributed by atoms with E-state index in [0.717, 1.165) is 18.6 Å². The number of amides is 2. The molecular weight excluding hydrogens is 539 g/mol. The van der Waals surface area contributed by atoms with Crippen LogP contribution in [0.2, 0.25) is 0 Å². The summed E-state index contributed by atoms with van der Waals surface area (Å²) in [5.41, 5.74) is 1.12. The van der Waals surface area contributed by atoms with Crippen LogP contribution in [0.4, 0.5) is 15.9 Å². The molecule has 3 heterocycles. The Morgan fingerprint density at radius 3 is 2.48 bits per heavy atom. The van der Waals surface area contributed by atoms with Crippen LogP contribution in [-0.4, -0.2) is 55.5 Å². The van der Waals surface area contributed by atoms with Crippen LogP contribution in [0.15, 0.2) is 30.3 Å². The number of nitrogens with zero attached hydrogens (tertiary/aromatic N) is 4. The molecule has 2 amide bonds. The number of rotatable bonds is 10. The van der Waals surface area contributed by atoms with Crippen molar-refractivity contribution in [1.29, 1.82) is 5.26 Å². The van der Waals surface area contributed by atoms with E-state index in [1.54, 1.807) is 11.0 Å². The fraction of sp³-hybridized carbons (Fsp3) is 0.444. The molecule has 0 atom stereocenters. The van der Waals surface area contributed by atoms with Gasteiger partial charge in [0.05, 0.1) is 23.5 Å². The van der Waals surface area contributed by atoms with Gasteiger partial charge in [0.15, 0.2) is 5.78 Å². The van der Waals surface area contributed by atoms with E-state index in [2.05, 4.69) is 10.8 Å². The van der Waals surface area contributed by atoms with E-state index in [1.165, 1.54) is 12.1 Å². The lowest BCUT2D eigenvalue weighted by molar-refractivity contribution is -0.128. The molecule has 0 aliphatic carbocycles. The van der Waals surface area contributed by atoms with Crippen molar-refractivity contribution in [2.45, 2.75) is 52.0 Å². The first kappa shape index (κ1) is 28.9. The third kappa shape index (κ3) is 6.93. The number of Topliss-reactive ketones (excluding diaryl/α,β-unsaturated/α-hetero) is 1. The number of anilines is 2. The van der Waals surface area contributed by atoms with Crippen LogP contribution in [0.25, 0.3) is 0 Å². The SMILES string of the molecule is CCCC(=O)c1cc(C#N)c(N2CCC(C(=O)NS(=O)(=O)Nc3ccc(F)cc3)CC2)nc1CN1CCCC1=O. The number of pyridine rings is 1. The van der Waals surface area contributed by atoms with Crippen LogP contribution < -0.4 is 14.3 Å². The largest absolute Gasteiger partial charge is 0.355 e. The predicted octanol–water partition coefficient (Wildman–Crippen LogP) is 2.89. The van der Waals surface area contributed by atoms with Gasteiger partial charge in [0.1, 0.15) is 17.7 Å². The minimum Gasteiger partial charge on any atom is -0.355 e. The molecule has 13 heteroatoms. The number of carbonyl (C=O) groups is 3. The molecule has 212 valence electrons. The van der Waals surface area contributed by atoms with Crippen molar-refractivity contribution in [1.82, 2.24) is 14.6 Å². The highest BCUT2D eigenvalue weighted by Gasteiger charge is 2.31. The van der Waals surface area contributed by atoms with Gasteiger partial charge < -0.3 is 9.80 Å². The zero-order valence-electron chi connectivity index (χ0n) is 22.2. The maximum Gasteiger partial charge on any atom is 0.323 e. The molecule has 2 fully saturated rings. The summed E-state index contributed by atoms with van der Waals surface area (Å²) >= 11 is 0. The topological polar surface area (TPSA) is 153 Å². The van der Waals surface area contributed by atoms with Crippen LogP contribution in [0, 0.1) is 23.1 Å². The van der Waals surface area contributed by atoms with Crippen molar-refractivity contribution in [2.24, 2.45) is 5.92 Å². The van der Waals surface area contributed by atoms with E-state index in [9.17, 15) is 32.5 Å². The normalized spacial score (nSPS) is 16.1. The monoisotopic (exact) mass is 570 g/mol. The molecular formula is C27H31FN6O5S. The van der Waals surface area contributed by atoms with Crippen LogP contribution >= 0.6 is 0 Å². The number of halogens is 1. The zero-order valence-corrected chi connectivity index (χ0v) is 23.0. The van der Waals surface area contributed by atoms with E-state index >= 15 is 0 Å². The third-order valence-corrected chi connectivity index (χ3v) is 7.96. The standard InChI is InChI=1S/C27H31FN6O5S/c1-2-4-24(35)22-15-19(16-29)26(30-23(22)17-34-12-3-5-25(34)36)33-13-10-18(11-14-33)27(37)32-40(38,39)31-21-8-6-20(28)7-9-21/h6-9,15,18,31H,2-5,10-14,17H2,1H3,(H,32,37). The molecule has 0 spiro atoms. The number of ketones is 1. The van der Waals surface area contributed by atoms with Crippen LogP contribution in [0.1, 0.15) is 67.1 Å². The van der Waals surface area contributed by atoms with Gasteiger partial charge in [-0.3, -0.25) is 19.1 Å². The lowest BCUT2D eigenvalue weighted by Crippen LogP contribution is -2.44. The van der Waals surface area contributed by atoms with Gasteiger partial charge in [-0.1, -0.05) is 6.92 Å². The number of carbonyl (C=O) groups excluding carboxylic acids is 3. The Kier molecular flexibility index (Phi) is 8.99. The number of likely N-dealkylation sites (tertiary alicyclic amines) is 1. The van der Waals surface area contributed by atoms with Crippen molar-refractivity contribution >= 4 is 39.3 Å². The van der Waals surface area contributed by atoms with Gasteiger partial charge in [0, 0.05) is 44.0 Å². The molecule has 2 saturated heterocycles. The second-order valence-corrected chi connectivity index (χ2v) is 11.3. The second kappa shape index (κ2) is 12.4. The Labute approximate surface area is 232 Å². The summed E-state index contributed by atoms with van der Waals surface area (Å²) in [4.78, 5) is 46.1. The molecule has 1 aromatic heterocycles. The third-order valence-electron chi connectivity index (χ3n) is 6.99. The van der Waals surface area contributed by atoms with Gasteiger partial charge in [-0.25, -0.2) is 14.1 Å². The van der Waals surface area contributed by atoms with Gasteiger partial charge in [0.25, 0.3) is 0 Å². The fourth-order valence-corrected chi connectivity index (χ4v) is 5.84. The minimum atomic E-state index is -4.22. The molecule has 2 N–H and O–H groups in total. The zero-order chi connectivity index (χ0) is 28.9. The summed E-state index contributed by atoms with van der Waals surface area (Å²) in [6.07, 6.45) is 2.74. The van der Waals surface area contributed by atoms with E-state index in [0.29, 0.717) is 68.8 Å². The molecule has 11 nitrogen and oxygen atoms in total. The quantitative estimate of drug-likeness (QED) is 0.414. The van der Waals surface area contributed by atoms with Crippen molar-refractivity contribution < 1.29 is 27.2 Å². The maximum absolute atomic E-state index is 13.1. The molecule has 2 aliphatic heterocycles. The summed E-state index contributed by atoms with van der Waals surface area (Å²) in [7, 11) is -4.22. The van der Waals surface area contributed by atoms with Gasteiger partial charge in [0.2, 0.25) is 11.8 Å². The molecule has 2 aromatic rings. The van der Waals surface area contributed by atoms with Crippen molar-refractivity contribution in [3.63, 3.8) is 0 Å². The van der Waals surface area contributed by atoms with Gasteiger partial charge >= 0.3 is 10.2 Å². The summed E-state index contributed by atoms with van der Waals surface area (Å²) < 4.78 is 42.1. The van der Waals surface area contributed by atoms with Crippen LogP contribution in [0.5, 0.6) is 0 Å². The average molecular weight is 571 g/mol. The number of nitriles is 1. The Morgan fingerprint density at radius 2 is 1.88 bits per heavy atom. The van der Waals surface area contributed by atoms with E-state index in [1.807, 2.05) is 16.5 Å². The summed E-state index contributed by atoms with van der Waals surface area (Å²) in [5.74, 6) is -1.55. The van der Waals surface area contributed by atoms with E-state index in [-0.39, 0.29) is 29.5 Å². The molecule has 1 aromatic carbocycles. The Morgan fingerprint density at radius 1 is 1.18 bits per heavy atom. The van der Waals surface area contributed by atoms with Crippen molar-refractivity contribution in [3.05, 3.63) is 53.0 Å². The first-order valence-corrected chi connectivity index (χ1v) is 14.7. The highest BCUT2D eigenvalue weighted by molar-refractivity contribution is 7.91. The molecule has 2 aliphatic rings. The number of piperidine rings is 1. The predicted molar refractivity (Wildman–Crippen MR) is 145 cm³/mol. The number of hydrogen-bond donors (Lipinski definition) is 2. The highest BCUT2D eigenvalue weighted by atomic mass is 32.2. The van der Waals surface area contributed by atoms with Crippen LogP contribution in [-0.2, 0) is 26.3 Å². The maximum atomic E-state index is 13.1. The summed E-state index contributed by atoms with van der Waals surface area (Å²) in [6.45, 7) is 3.31. The molecule has 40 heavy (non-hydrogen) atoms. The van der Waals surface area contributed by atoms with E-state index < -0.39 is 27.9 Å². The Balaban J connectivity index is 1.47. The van der Waals surface area contributed by atoms with Crippen LogP contribution in [0.3, 0.4) is 0 Å². The number of benzene rings is 1. The lowest BCUT2D eigenvalue weighted by Gasteiger charge is -2.33. The average Bonchev–Trinajstić information content (AvgIpc) is 3.33. The highest BCUT2D eigenvalue weighted by Crippen LogP contribution is 2.28. The number of nitrogens with one attached hydrogen (secondary N) is 2. The lowest BCUT2D eigenvalue weighted by atomic mass is 9.95. The number of aromatic nitrogens is 1. The smallest absolute Gasteiger partial charge is 0.323 e. The molecule has 0 radical (unpaired) electrons. The van der Waals surface area contributed by atoms with E-state index in [4.69, 9.17) is 4.98 Å². The minimum absolute atomic E-state index is 0.00250. The molecule has 0 saturated carbocycles. The van der Waals surface area contributed by atoms with Crippen molar-refractivity contribution in [2.75, 3.05) is 29.3 Å². The Bertz CT molecular complexity index is 1430.